The van der Waals surface area contributed by atoms with E-state index in [-0.39, 0.29) is 6.10 Å². The van der Waals surface area contributed by atoms with Gasteiger partial charge in [0.1, 0.15) is 0 Å². The summed E-state index contributed by atoms with van der Waals surface area (Å²) < 4.78 is 0. The lowest BCUT2D eigenvalue weighted by Crippen LogP contribution is -2.27. The number of allylic oxidation sites excluding steroid dienone is 1. The molecule has 3 atom stereocenters. The van der Waals surface area contributed by atoms with Crippen LogP contribution in [0.5, 0.6) is 0 Å². The Kier molecular flexibility index (Phi) is 2.72. The fraction of sp³-hybridized carbons (Fsp3) is 0.800. The highest BCUT2D eigenvalue weighted by Crippen LogP contribution is 2.32. The maximum absolute atomic E-state index is 9.56. The van der Waals surface area contributed by atoms with Crippen molar-refractivity contribution in [3.63, 3.8) is 0 Å². The van der Waals surface area contributed by atoms with Crippen LogP contribution < -0.4 is 0 Å². The third-order valence-electron chi connectivity index (χ3n) is 2.85. The van der Waals surface area contributed by atoms with Crippen molar-refractivity contribution in [2.24, 2.45) is 11.8 Å². The molecule has 1 aliphatic carbocycles. The zero-order valence-corrected chi connectivity index (χ0v) is 7.51. The molecule has 0 amide bonds. The number of rotatable bonds is 1. The van der Waals surface area contributed by atoms with Gasteiger partial charge in [-0.25, -0.2) is 0 Å². The van der Waals surface area contributed by atoms with Gasteiger partial charge in [0.15, 0.2) is 0 Å². The Labute approximate surface area is 69.1 Å². The Balaban J connectivity index is 2.46. The summed E-state index contributed by atoms with van der Waals surface area (Å²) >= 11 is 0. The minimum Gasteiger partial charge on any atom is -0.393 e. The molecule has 1 saturated carbocycles. The molecule has 1 aliphatic rings. The van der Waals surface area contributed by atoms with Crippen LogP contribution in [0.2, 0.25) is 0 Å². The molecule has 0 aromatic carbocycles. The van der Waals surface area contributed by atoms with Crippen LogP contribution in [0.1, 0.15) is 33.1 Å². The van der Waals surface area contributed by atoms with Gasteiger partial charge in [0.25, 0.3) is 0 Å². The molecule has 0 radical (unpaired) electrons. The molecule has 2 unspecified atom stereocenters. The second-order valence-electron chi connectivity index (χ2n) is 3.90. The minimum absolute atomic E-state index is 0.0922. The van der Waals surface area contributed by atoms with Crippen molar-refractivity contribution in [3.05, 3.63) is 12.2 Å². The predicted molar refractivity (Wildman–Crippen MR) is 47.3 cm³/mol. The first-order valence-corrected chi connectivity index (χ1v) is 4.44. The first kappa shape index (κ1) is 8.79. The predicted octanol–water partition coefficient (Wildman–Crippen LogP) is 2.36. The topological polar surface area (TPSA) is 20.2 Å². The van der Waals surface area contributed by atoms with E-state index in [1.165, 1.54) is 12.0 Å². The van der Waals surface area contributed by atoms with Crippen molar-refractivity contribution in [3.8, 4) is 0 Å². The summed E-state index contributed by atoms with van der Waals surface area (Å²) in [6.07, 6.45) is 3.20. The Morgan fingerprint density at radius 3 is 2.55 bits per heavy atom. The van der Waals surface area contributed by atoms with Gasteiger partial charge in [-0.1, -0.05) is 19.1 Å². The first-order chi connectivity index (χ1) is 5.11. The highest BCUT2D eigenvalue weighted by molar-refractivity contribution is 4.99. The van der Waals surface area contributed by atoms with Crippen LogP contribution in [-0.2, 0) is 0 Å². The van der Waals surface area contributed by atoms with E-state index in [9.17, 15) is 5.11 Å². The van der Waals surface area contributed by atoms with E-state index in [1.54, 1.807) is 0 Å². The molecule has 1 nitrogen and oxygen atoms in total. The molecule has 0 aromatic heterocycles. The summed E-state index contributed by atoms with van der Waals surface area (Å²) in [5.74, 6) is 1.06. The molecule has 0 heterocycles. The summed E-state index contributed by atoms with van der Waals surface area (Å²) in [5, 5.41) is 9.56. The Hall–Kier alpha value is -0.300. The minimum atomic E-state index is -0.0922. The van der Waals surface area contributed by atoms with E-state index in [1.807, 2.05) is 0 Å². The Bertz CT molecular complexity index is 151. The van der Waals surface area contributed by atoms with E-state index < -0.39 is 0 Å². The highest BCUT2D eigenvalue weighted by Gasteiger charge is 2.25. The molecule has 0 spiro atoms. The van der Waals surface area contributed by atoms with Crippen molar-refractivity contribution < 1.29 is 5.11 Å². The van der Waals surface area contributed by atoms with Gasteiger partial charge >= 0.3 is 0 Å². The standard InChI is InChI=1S/C10H18O/c1-7(2)9-5-4-8(3)10(11)6-9/h8-11H,1,4-6H2,2-3H3/t8?,9-,10?/m0/s1. The molecule has 1 rings (SSSR count). The van der Waals surface area contributed by atoms with Gasteiger partial charge < -0.3 is 5.11 Å². The van der Waals surface area contributed by atoms with Gasteiger partial charge in [-0.3, -0.25) is 0 Å². The summed E-state index contributed by atoms with van der Waals surface area (Å²) in [4.78, 5) is 0. The maximum atomic E-state index is 9.56. The monoisotopic (exact) mass is 154 g/mol. The molecule has 1 fully saturated rings. The van der Waals surface area contributed by atoms with Gasteiger partial charge in [-0.2, -0.15) is 0 Å². The van der Waals surface area contributed by atoms with Crippen molar-refractivity contribution in [2.45, 2.75) is 39.2 Å². The van der Waals surface area contributed by atoms with Crippen LogP contribution in [0.4, 0.5) is 0 Å². The van der Waals surface area contributed by atoms with Crippen LogP contribution in [0.25, 0.3) is 0 Å². The molecule has 11 heavy (non-hydrogen) atoms. The SMILES string of the molecule is C=C(C)[C@H]1CCC(C)C(O)C1. The molecule has 0 bridgehead atoms. The second-order valence-corrected chi connectivity index (χ2v) is 3.90. The lowest BCUT2D eigenvalue weighted by atomic mass is 9.78. The van der Waals surface area contributed by atoms with E-state index in [4.69, 9.17) is 0 Å². The Morgan fingerprint density at radius 1 is 1.45 bits per heavy atom. The van der Waals surface area contributed by atoms with Gasteiger partial charge in [0, 0.05) is 0 Å². The number of hydrogen-bond acceptors (Lipinski definition) is 1. The summed E-state index contributed by atoms with van der Waals surface area (Å²) in [5.41, 5.74) is 1.23. The maximum Gasteiger partial charge on any atom is 0.0571 e. The fourth-order valence-corrected chi connectivity index (χ4v) is 1.75. The van der Waals surface area contributed by atoms with Gasteiger partial charge in [0.05, 0.1) is 6.10 Å². The van der Waals surface area contributed by atoms with E-state index in [0.717, 1.165) is 12.8 Å². The van der Waals surface area contributed by atoms with Crippen LogP contribution in [0.3, 0.4) is 0 Å². The molecule has 1 heteroatoms. The lowest BCUT2D eigenvalue weighted by Gasteiger charge is -2.31. The quantitative estimate of drug-likeness (QED) is 0.575. The van der Waals surface area contributed by atoms with Crippen molar-refractivity contribution in [2.75, 3.05) is 0 Å². The van der Waals surface area contributed by atoms with E-state index in [0.29, 0.717) is 11.8 Å². The third-order valence-corrected chi connectivity index (χ3v) is 2.85. The normalized spacial score (nSPS) is 38.6. The zero-order valence-electron chi connectivity index (χ0n) is 7.51. The molecule has 1 N–H and O–H groups in total. The average Bonchev–Trinajstić information content (AvgIpc) is 1.94. The summed E-state index contributed by atoms with van der Waals surface area (Å²) in [6, 6.07) is 0. The number of aliphatic hydroxyl groups is 1. The molecule has 64 valence electrons. The third kappa shape index (κ3) is 2.06. The molecule has 0 saturated heterocycles. The summed E-state index contributed by atoms with van der Waals surface area (Å²) in [7, 11) is 0. The van der Waals surface area contributed by atoms with Gasteiger partial charge in [-0.05, 0) is 38.0 Å². The molecule has 0 aromatic rings. The van der Waals surface area contributed by atoms with Gasteiger partial charge in [-0.15, -0.1) is 0 Å². The number of hydrogen-bond donors (Lipinski definition) is 1. The van der Waals surface area contributed by atoms with Gasteiger partial charge in [0.2, 0.25) is 0 Å². The molecular formula is C10H18O. The summed E-state index contributed by atoms with van der Waals surface area (Å²) in [6.45, 7) is 8.11. The second kappa shape index (κ2) is 3.40. The Morgan fingerprint density at radius 2 is 2.09 bits per heavy atom. The zero-order chi connectivity index (χ0) is 8.43. The van der Waals surface area contributed by atoms with Crippen LogP contribution >= 0.6 is 0 Å². The molecule has 0 aliphatic heterocycles. The van der Waals surface area contributed by atoms with Crippen molar-refractivity contribution in [1.82, 2.24) is 0 Å². The van der Waals surface area contributed by atoms with Crippen LogP contribution in [0, 0.1) is 11.8 Å². The lowest BCUT2D eigenvalue weighted by molar-refractivity contribution is 0.0614. The van der Waals surface area contributed by atoms with Crippen molar-refractivity contribution in [1.29, 1.82) is 0 Å². The van der Waals surface area contributed by atoms with E-state index >= 15 is 0 Å². The van der Waals surface area contributed by atoms with E-state index in [2.05, 4.69) is 20.4 Å². The largest absolute Gasteiger partial charge is 0.393 e. The van der Waals surface area contributed by atoms with Crippen LogP contribution in [0.15, 0.2) is 12.2 Å². The smallest absolute Gasteiger partial charge is 0.0571 e. The average molecular weight is 154 g/mol. The molecular weight excluding hydrogens is 136 g/mol. The number of aliphatic hydroxyl groups excluding tert-OH is 1. The van der Waals surface area contributed by atoms with Crippen molar-refractivity contribution >= 4 is 0 Å². The highest BCUT2D eigenvalue weighted by atomic mass is 16.3. The first-order valence-electron chi connectivity index (χ1n) is 4.44. The fourth-order valence-electron chi connectivity index (χ4n) is 1.75. The van der Waals surface area contributed by atoms with Crippen LogP contribution in [-0.4, -0.2) is 11.2 Å².